The number of Topliss-reactive ketones (excluding diaryl/α,β-unsaturated/α-hetero) is 1. The standard InChI is InChI=1S/C8H14O3/c1-2-10-3-4-11-8-5-7(9)6-8/h8H,2-6H2,1H3. The summed E-state index contributed by atoms with van der Waals surface area (Å²) >= 11 is 0. The predicted molar refractivity (Wildman–Crippen MR) is 40.5 cm³/mol. The number of hydrogen-bond acceptors (Lipinski definition) is 3. The molecule has 11 heavy (non-hydrogen) atoms. The van der Waals surface area contributed by atoms with Gasteiger partial charge in [0, 0.05) is 19.4 Å². The van der Waals surface area contributed by atoms with E-state index in [2.05, 4.69) is 0 Å². The molecule has 1 saturated carbocycles. The zero-order chi connectivity index (χ0) is 8.10. The summed E-state index contributed by atoms with van der Waals surface area (Å²) in [6.07, 6.45) is 1.39. The average molecular weight is 158 g/mol. The van der Waals surface area contributed by atoms with Gasteiger partial charge in [-0.25, -0.2) is 0 Å². The van der Waals surface area contributed by atoms with Crippen molar-refractivity contribution in [2.24, 2.45) is 0 Å². The molecular formula is C8H14O3. The second kappa shape index (κ2) is 4.46. The van der Waals surface area contributed by atoms with Crippen molar-refractivity contribution in [3.05, 3.63) is 0 Å². The average Bonchev–Trinajstić information content (AvgIpc) is 1.94. The van der Waals surface area contributed by atoms with Crippen LogP contribution in [0.2, 0.25) is 0 Å². The summed E-state index contributed by atoms with van der Waals surface area (Å²) in [5, 5.41) is 0. The number of ketones is 1. The predicted octanol–water partition coefficient (Wildman–Crippen LogP) is 0.771. The largest absolute Gasteiger partial charge is 0.379 e. The molecule has 0 heterocycles. The molecule has 64 valence electrons. The molecule has 0 amide bonds. The lowest BCUT2D eigenvalue weighted by molar-refractivity contribution is -0.135. The Morgan fingerprint density at radius 1 is 1.45 bits per heavy atom. The summed E-state index contributed by atoms with van der Waals surface area (Å²) in [6, 6.07) is 0. The van der Waals surface area contributed by atoms with E-state index in [1.54, 1.807) is 0 Å². The van der Waals surface area contributed by atoms with E-state index in [0.29, 0.717) is 31.8 Å². The minimum absolute atomic E-state index is 0.183. The van der Waals surface area contributed by atoms with Crippen LogP contribution in [0, 0.1) is 0 Å². The lowest BCUT2D eigenvalue weighted by Crippen LogP contribution is -2.32. The number of carbonyl (C=O) groups is 1. The number of ether oxygens (including phenoxy) is 2. The first kappa shape index (κ1) is 8.68. The van der Waals surface area contributed by atoms with Gasteiger partial charge >= 0.3 is 0 Å². The molecular weight excluding hydrogens is 144 g/mol. The van der Waals surface area contributed by atoms with Crippen LogP contribution in [0.1, 0.15) is 19.8 Å². The Bertz CT molecular complexity index is 125. The van der Waals surface area contributed by atoms with E-state index in [0.717, 1.165) is 6.61 Å². The molecule has 3 nitrogen and oxygen atoms in total. The van der Waals surface area contributed by atoms with E-state index in [1.807, 2.05) is 6.92 Å². The summed E-state index contributed by atoms with van der Waals surface area (Å²) in [6.45, 7) is 3.94. The fourth-order valence-corrected chi connectivity index (χ4v) is 0.984. The Labute approximate surface area is 66.7 Å². The van der Waals surface area contributed by atoms with Gasteiger partial charge < -0.3 is 9.47 Å². The molecule has 1 aliphatic carbocycles. The molecule has 0 aromatic rings. The summed E-state index contributed by atoms with van der Waals surface area (Å²) in [5.41, 5.74) is 0. The van der Waals surface area contributed by atoms with Crippen molar-refractivity contribution >= 4 is 5.78 Å². The third-order valence-corrected chi connectivity index (χ3v) is 1.70. The Hall–Kier alpha value is -0.410. The van der Waals surface area contributed by atoms with Crippen molar-refractivity contribution in [3.8, 4) is 0 Å². The molecule has 0 aromatic carbocycles. The molecule has 0 radical (unpaired) electrons. The lowest BCUT2D eigenvalue weighted by atomic mass is 9.94. The highest BCUT2D eigenvalue weighted by Crippen LogP contribution is 2.17. The second-order valence-corrected chi connectivity index (χ2v) is 2.64. The van der Waals surface area contributed by atoms with Crippen LogP contribution in [-0.2, 0) is 14.3 Å². The van der Waals surface area contributed by atoms with Gasteiger partial charge in [-0.05, 0) is 6.92 Å². The van der Waals surface area contributed by atoms with Crippen LogP contribution in [0.5, 0.6) is 0 Å². The minimum Gasteiger partial charge on any atom is -0.379 e. The third kappa shape index (κ3) is 2.99. The molecule has 0 aromatic heterocycles. The topological polar surface area (TPSA) is 35.5 Å². The molecule has 3 heteroatoms. The SMILES string of the molecule is CCOCCOC1CC(=O)C1. The van der Waals surface area contributed by atoms with Crippen LogP contribution in [-0.4, -0.2) is 31.7 Å². The number of hydrogen-bond donors (Lipinski definition) is 0. The van der Waals surface area contributed by atoms with Crippen molar-refractivity contribution in [2.75, 3.05) is 19.8 Å². The fraction of sp³-hybridized carbons (Fsp3) is 0.875. The van der Waals surface area contributed by atoms with Crippen molar-refractivity contribution in [2.45, 2.75) is 25.9 Å². The fourth-order valence-electron chi connectivity index (χ4n) is 0.984. The molecule has 0 unspecified atom stereocenters. The van der Waals surface area contributed by atoms with Crippen LogP contribution in [0.15, 0.2) is 0 Å². The Morgan fingerprint density at radius 2 is 2.18 bits per heavy atom. The Balaban J connectivity index is 1.85. The lowest BCUT2D eigenvalue weighted by Gasteiger charge is -2.23. The molecule has 0 aliphatic heterocycles. The van der Waals surface area contributed by atoms with E-state index in [1.165, 1.54) is 0 Å². The van der Waals surface area contributed by atoms with Gasteiger partial charge in [0.25, 0.3) is 0 Å². The van der Waals surface area contributed by atoms with Gasteiger partial charge in [-0.1, -0.05) is 0 Å². The second-order valence-electron chi connectivity index (χ2n) is 2.64. The van der Waals surface area contributed by atoms with Gasteiger partial charge in [-0.2, -0.15) is 0 Å². The maximum Gasteiger partial charge on any atom is 0.138 e. The molecule has 0 spiro atoms. The Kier molecular flexibility index (Phi) is 3.52. The highest BCUT2D eigenvalue weighted by Gasteiger charge is 2.26. The molecule has 0 N–H and O–H groups in total. The normalized spacial score (nSPS) is 18.5. The number of rotatable bonds is 5. The van der Waals surface area contributed by atoms with Gasteiger partial charge in [0.05, 0.1) is 19.3 Å². The summed E-state index contributed by atoms with van der Waals surface area (Å²) in [4.78, 5) is 10.5. The maximum atomic E-state index is 10.5. The van der Waals surface area contributed by atoms with Crippen LogP contribution < -0.4 is 0 Å². The summed E-state index contributed by atoms with van der Waals surface area (Å²) in [7, 11) is 0. The molecule has 1 rings (SSSR count). The zero-order valence-electron chi connectivity index (χ0n) is 6.84. The Morgan fingerprint density at radius 3 is 2.73 bits per heavy atom. The van der Waals surface area contributed by atoms with E-state index in [9.17, 15) is 4.79 Å². The summed E-state index contributed by atoms with van der Waals surface area (Å²) < 4.78 is 10.4. The third-order valence-electron chi connectivity index (χ3n) is 1.70. The smallest absolute Gasteiger partial charge is 0.138 e. The zero-order valence-corrected chi connectivity index (χ0v) is 6.84. The highest BCUT2D eigenvalue weighted by molar-refractivity contribution is 5.85. The van der Waals surface area contributed by atoms with Crippen molar-refractivity contribution in [1.82, 2.24) is 0 Å². The minimum atomic E-state index is 0.183. The van der Waals surface area contributed by atoms with Gasteiger partial charge in [0.1, 0.15) is 5.78 Å². The van der Waals surface area contributed by atoms with Gasteiger partial charge in [-0.3, -0.25) is 4.79 Å². The highest BCUT2D eigenvalue weighted by atomic mass is 16.5. The van der Waals surface area contributed by atoms with Crippen LogP contribution in [0.3, 0.4) is 0 Å². The van der Waals surface area contributed by atoms with Gasteiger partial charge in [0.2, 0.25) is 0 Å². The molecule has 0 atom stereocenters. The van der Waals surface area contributed by atoms with E-state index >= 15 is 0 Å². The van der Waals surface area contributed by atoms with Gasteiger partial charge in [0.15, 0.2) is 0 Å². The van der Waals surface area contributed by atoms with Crippen LogP contribution >= 0.6 is 0 Å². The maximum absolute atomic E-state index is 10.5. The monoisotopic (exact) mass is 158 g/mol. The molecule has 0 bridgehead atoms. The summed E-state index contributed by atoms with van der Waals surface area (Å²) in [5.74, 6) is 0.311. The molecule has 1 aliphatic rings. The first-order chi connectivity index (χ1) is 5.33. The first-order valence-electron chi connectivity index (χ1n) is 4.04. The van der Waals surface area contributed by atoms with E-state index in [4.69, 9.17) is 9.47 Å². The van der Waals surface area contributed by atoms with Crippen molar-refractivity contribution in [3.63, 3.8) is 0 Å². The van der Waals surface area contributed by atoms with E-state index in [-0.39, 0.29) is 6.10 Å². The van der Waals surface area contributed by atoms with Crippen molar-refractivity contribution < 1.29 is 14.3 Å². The molecule has 0 saturated heterocycles. The number of carbonyl (C=O) groups excluding carboxylic acids is 1. The van der Waals surface area contributed by atoms with Crippen LogP contribution in [0.25, 0.3) is 0 Å². The quantitative estimate of drug-likeness (QED) is 0.554. The van der Waals surface area contributed by atoms with Gasteiger partial charge in [-0.15, -0.1) is 0 Å². The van der Waals surface area contributed by atoms with E-state index < -0.39 is 0 Å². The first-order valence-corrected chi connectivity index (χ1v) is 4.04. The van der Waals surface area contributed by atoms with Crippen LogP contribution in [0.4, 0.5) is 0 Å². The molecule has 1 fully saturated rings. The van der Waals surface area contributed by atoms with Crippen molar-refractivity contribution in [1.29, 1.82) is 0 Å².